The first-order chi connectivity index (χ1) is 8.31. The fourth-order valence-corrected chi connectivity index (χ4v) is 3.01. The van der Waals surface area contributed by atoms with Crippen LogP contribution in [0.2, 0.25) is 0 Å². The molecule has 0 aliphatic rings. The van der Waals surface area contributed by atoms with Gasteiger partial charge in [-0.2, -0.15) is 0 Å². The minimum Gasteiger partial charge on any atom is -0.493 e. The van der Waals surface area contributed by atoms with Crippen molar-refractivity contribution >= 4 is 19.7 Å². The van der Waals surface area contributed by atoms with Gasteiger partial charge < -0.3 is 4.74 Å². The van der Waals surface area contributed by atoms with E-state index < -0.39 is 9.05 Å². The lowest BCUT2D eigenvalue weighted by atomic mass is 10.1. The maximum Gasteiger partial charge on any atom is 0.232 e. The predicted octanol–water partition coefficient (Wildman–Crippen LogP) is 3.28. The second-order valence-electron chi connectivity index (χ2n) is 4.54. The van der Waals surface area contributed by atoms with Crippen molar-refractivity contribution in [2.75, 3.05) is 12.4 Å². The molecule has 1 atom stereocenters. The molecule has 1 unspecified atom stereocenters. The number of halogens is 1. The SMILES string of the molecule is CCC(COc1ccc(C)c(C)c1)CS(=O)(=O)Cl. The van der Waals surface area contributed by atoms with Crippen LogP contribution in [0.3, 0.4) is 0 Å². The highest BCUT2D eigenvalue weighted by molar-refractivity contribution is 8.13. The average molecular weight is 291 g/mol. The molecule has 3 nitrogen and oxygen atoms in total. The Bertz CT molecular complexity index is 497. The Kier molecular flexibility index (Phi) is 5.47. The van der Waals surface area contributed by atoms with Crippen LogP contribution in [0.5, 0.6) is 5.75 Å². The van der Waals surface area contributed by atoms with E-state index in [2.05, 4.69) is 0 Å². The number of benzene rings is 1. The Morgan fingerprint density at radius 3 is 2.44 bits per heavy atom. The maximum absolute atomic E-state index is 11.0. The third-order valence-corrected chi connectivity index (χ3v) is 4.22. The standard InChI is InChI=1S/C13H19ClO3S/c1-4-12(9-18(14,15)16)8-17-13-6-5-10(2)11(3)7-13/h5-7,12H,4,8-9H2,1-3H3. The summed E-state index contributed by atoms with van der Waals surface area (Å²) in [6.07, 6.45) is 0.719. The van der Waals surface area contributed by atoms with Crippen LogP contribution in [0.25, 0.3) is 0 Å². The highest BCUT2D eigenvalue weighted by Crippen LogP contribution is 2.18. The number of hydrogen-bond donors (Lipinski definition) is 0. The van der Waals surface area contributed by atoms with Gasteiger partial charge >= 0.3 is 0 Å². The van der Waals surface area contributed by atoms with Crippen molar-refractivity contribution in [2.24, 2.45) is 5.92 Å². The second kappa shape index (κ2) is 6.43. The molecule has 1 aromatic carbocycles. The van der Waals surface area contributed by atoms with Crippen LogP contribution in [0.15, 0.2) is 18.2 Å². The first kappa shape index (κ1) is 15.3. The van der Waals surface area contributed by atoms with Gasteiger partial charge in [-0.25, -0.2) is 8.42 Å². The zero-order chi connectivity index (χ0) is 13.8. The predicted molar refractivity (Wildman–Crippen MR) is 74.8 cm³/mol. The van der Waals surface area contributed by atoms with Gasteiger partial charge in [0.2, 0.25) is 9.05 Å². The minimum atomic E-state index is -3.46. The maximum atomic E-state index is 11.0. The van der Waals surface area contributed by atoms with Crippen LogP contribution in [-0.4, -0.2) is 20.8 Å². The van der Waals surface area contributed by atoms with Gasteiger partial charge in [0.1, 0.15) is 5.75 Å². The van der Waals surface area contributed by atoms with Gasteiger partial charge in [0, 0.05) is 16.6 Å². The van der Waals surface area contributed by atoms with Gasteiger partial charge in [-0.3, -0.25) is 0 Å². The Morgan fingerprint density at radius 1 is 1.28 bits per heavy atom. The van der Waals surface area contributed by atoms with Crippen molar-refractivity contribution in [2.45, 2.75) is 27.2 Å². The van der Waals surface area contributed by atoms with Gasteiger partial charge in [0.25, 0.3) is 0 Å². The van der Waals surface area contributed by atoms with E-state index in [0.717, 1.165) is 17.7 Å². The zero-order valence-corrected chi connectivity index (χ0v) is 12.5. The van der Waals surface area contributed by atoms with Crippen molar-refractivity contribution in [3.8, 4) is 5.75 Å². The summed E-state index contributed by atoms with van der Waals surface area (Å²) in [6.45, 7) is 6.35. The van der Waals surface area contributed by atoms with E-state index >= 15 is 0 Å². The molecular formula is C13H19ClO3S. The lowest BCUT2D eigenvalue weighted by molar-refractivity contribution is 0.258. The molecule has 0 saturated heterocycles. The lowest BCUT2D eigenvalue weighted by Gasteiger charge is -2.15. The molecule has 0 aromatic heterocycles. The minimum absolute atomic E-state index is 0.0457. The van der Waals surface area contributed by atoms with E-state index in [-0.39, 0.29) is 11.7 Å². The molecule has 0 aliphatic heterocycles. The van der Waals surface area contributed by atoms with Gasteiger partial charge in [0.15, 0.2) is 0 Å². The number of ether oxygens (including phenoxy) is 1. The van der Waals surface area contributed by atoms with Crippen LogP contribution >= 0.6 is 10.7 Å². The summed E-state index contributed by atoms with van der Waals surface area (Å²) < 4.78 is 27.7. The highest BCUT2D eigenvalue weighted by atomic mass is 35.7. The molecule has 0 spiro atoms. The smallest absolute Gasteiger partial charge is 0.232 e. The molecule has 18 heavy (non-hydrogen) atoms. The Labute approximate surface area is 114 Å². The normalized spacial score (nSPS) is 13.3. The molecule has 102 valence electrons. The summed E-state index contributed by atoms with van der Waals surface area (Å²) in [5.74, 6) is 0.647. The molecule has 0 amide bonds. The van der Waals surface area contributed by atoms with Crippen LogP contribution < -0.4 is 4.74 Å². The Hall–Kier alpha value is -0.740. The Balaban J connectivity index is 2.60. The van der Waals surface area contributed by atoms with Crippen molar-refractivity contribution in [3.63, 3.8) is 0 Å². The average Bonchev–Trinajstić information content (AvgIpc) is 2.27. The third kappa shape index (κ3) is 5.27. The summed E-state index contributed by atoms with van der Waals surface area (Å²) in [5, 5.41) is 0. The molecule has 0 radical (unpaired) electrons. The van der Waals surface area contributed by atoms with Crippen molar-refractivity contribution in [3.05, 3.63) is 29.3 Å². The van der Waals surface area contributed by atoms with E-state index in [1.165, 1.54) is 5.56 Å². The lowest BCUT2D eigenvalue weighted by Crippen LogP contribution is -2.19. The fraction of sp³-hybridized carbons (Fsp3) is 0.538. The van der Waals surface area contributed by atoms with Gasteiger partial charge in [0.05, 0.1) is 12.4 Å². The first-order valence-corrected chi connectivity index (χ1v) is 8.42. The zero-order valence-electron chi connectivity index (χ0n) is 10.9. The van der Waals surface area contributed by atoms with E-state index in [9.17, 15) is 8.42 Å². The molecule has 0 N–H and O–H groups in total. The van der Waals surface area contributed by atoms with Crippen LogP contribution in [0.1, 0.15) is 24.5 Å². The number of hydrogen-bond acceptors (Lipinski definition) is 3. The molecular weight excluding hydrogens is 272 g/mol. The summed E-state index contributed by atoms with van der Waals surface area (Å²) in [7, 11) is 1.79. The second-order valence-corrected chi connectivity index (χ2v) is 7.36. The molecule has 0 bridgehead atoms. The number of rotatable bonds is 6. The van der Waals surface area contributed by atoms with Crippen molar-refractivity contribution < 1.29 is 13.2 Å². The fourth-order valence-electron chi connectivity index (χ4n) is 1.58. The molecule has 0 fully saturated rings. The van der Waals surface area contributed by atoms with Crippen LogP contribution in [-0.2, 0) is 9.05 Å². The van der Waals surface area contributed by atoms with E-state index in [1.807, 2.05) is 39.0 Å². The van der Waals surface area contributed by atoms with Crippen molar-refractivity contribution in [1.82, 2.24) is 0 Å². The summed E-state index contributed by atoms with van der Waals surface area (Å²) in [6, 6.07) is 5.84. The quantitative estimate of drug-likeness (QED) is 0.755. The molecule has 0 heterocycles. The summed E-state index contributed by atoms with van der Waals surface area (Å²) in [4.78, 5) is 0. The van der Waals surface area contributed by atoms with E-state index in [0.29, 0.717) is 6.61 Å². The third-order valence-electron chi connectivity index (χ3n) is 2.98. The van der Waals surface area contributed by atoms with Gasteiger partial charge in [-0.05, 0) is 43.5 Å². The van der Waals surface area contributed by atoms with Crippen LogP contribution in [0.4, 0.5) is 0 Å². The molecule has 1 aromatic rings. The van der Waals surface area contributed by atoms with Crippen molar-refractivity contribution in [1.29, 1.82) is 0 Å². The summed E-state index contributed by atoms with van der Waals surface area (Å²) in [5.41, 5.74) is 2.36. The van der Waals surface area contributed by atoms with E-state index in [4.69, 9.17) is 15.4 Å². The van der Waals surface area contributed by atoms with Gasteiger partial charge in [-0.15, -0.1) is 0 Å². The molecule has 5 heteroatoms. The Morgan fingerprint density at radius 2 is 1.94 bits per heavy atom. The largest absolute Gasteiger partial charge is 0.493 e. The monoisotopic (exact) mass is 290 g/mol. The highest BCUT2D eigenvalue weighted by Gasteiger charge is 2.16. The first-order valence-electron chi connectivity index (χ1n) is 5.94. The molecule has 0 saturated carbocycles. The molecule has 0 aliphatic carbocycles. The number of aryl methyl sites for hydroxylation is 2. The molecule has 1 rings (SSSR count). The topological polar surface area (TPSA) is 43.4 Å². The van der Waals surface area contributed by atoms with Gasteiger partial charge in [-0.1, -0.05) is 13.0 Å². The summed E-state index contributed by atoms with van der Waals surface area (Å²) >= 11 is 0. The van der Waals surface area contributed by atoms with E-state index in [1.54, 1.807) is 0 Å². The van der Waals surface area contributed by atoms with Crippen LogP contribution in [0, 0.1) is 19.8 Å².